The number of rotatable bonds is 37. The molecule has 0 amide bonds. The third kappa shape index (κ3) is 18.4. The fraction of sp³-hybridized carbons (Fsp3) is 0.474. The van der Waals surface area contributed by atoms with Crippen molar-refractivity contribution in [2.75, 3.05) is 104 Å². The van der Waals surface area contributed by atoms with E-state index in [-0.39, 0.29) is 80.2 Å². The van der Waals surface area contributed by atoms with Gasteiger partial charge in [-0.1, -0.05) is 36.4 Å². The number of ether oxygens (including phenoxy) is 6. The van der Waals surface area contributed by atoms with Crippen molar-refractivity contribution >= 4 is 95.2 Å². The lowest BCUT2D eigenvalue weighted by atomic mass is 9.74. The van der Waals surface area contributed by atoms with Crippen molar-refractivity contribution < 1.29 is 108 Å². The van der Waals surface area contributed by atoms with E-state index in [2.05, 4.69) is 0 Å². The molecule has 0 radical (unpaired) electrons. The van der Waals surface area contributed by atoms with Gasteiger partial charge in [-0.25, -0.2) is 0 Å². The first-order valence-electron chi connectivity index (χ1n) is 27.7. The molecule has 0 aromatic heterocycles. The van der Waals surface area contributed by atoms with E-state index < -0.39 is 92.7 Å². The molecule has 2 aliphatic rings. The van der Waals surface area contributed by atoms with Gasteiger partial charge in [0.25, 0.3) is 50.6 Å². The van der Waals surface area contributed by atoms with Gasteiger partial charge in [0, 0.05) is 78.4 Å². The predicted octanol–water partition coefficient (Wildman–Crippen LogP) is 7.12. The quantitative estimate of drug-likeness (QED) is 0.0113. The summed E-state index contributed by atoms with van der Waals surface area (Å²) >= 11 is 0. The third-order valence-corrected chi connectivity index (χ3v) is 19.2. The Balaban J connectivity index is 1.33. The zero-order chi connectivity index (χ0) is 64.0. The minimum atomic E-state index is -5.12. The van der Waals surface area contributed by atoms with Crippen LogP contribution in [0.4, 0.5) is 11.4 Å². The van der Waals surface area contributed by atoms with Crippen LogP contribution >= 0.6 is 0 Å². The first-order valence-corrected chi connectivity index (χ1v) is 35.1. The summed E-state index contributed by atoms with van der Waals surface area (Å²) in [6, 6.07) is 9.58. The lowest BCUT2D eigenvalue weighted by molar-refractivity contribution is -0.438. The molecule has 30 heteroatoms. The number of allylic oxidation sites excluding steroid dienone is 8. The average molecular weight is 1320 g/mol. The molecule has 87 heavy (non-hydrogen) atoms. The Morgan fingerprint density at radius 3 is 1.54 bits per heavy atom. The smallest absolute Gasteiger partial charge is 0.303 e. The van der Waals surface area contributed by atoms with Crippen LogP contribution in [0.15, 0.2) is 116 Å². The summed E-state index contributed by atoms with van der Waals surface area (Å²) in [7, 11) is -23.2. The third-order valence-electron chi connectivity index (χ3n) is 14.9. The molecule has 4 aromatic carbocycles. The molecule has 2 unspecified atom stereocenters. The number of unbranched alkanes of at least 4 members (excludes halogenated alkanes) is 2. The van der Waals surface area contributed by atoms with Crippen molar-refractivity contribution in [2.24, 2.45) is 0 Å². The Hall–Kier alpha value is -5.39. The lowest BCUT2D eigenvalue weighted by Gasteiger charge is -2.30. The molecular formula is C57H75N2O23S5+. The van der Waals surface area contributed by atoms with Crippen molar-refractivity contribution in [1.29, 1.82) is 0 Å². The number of carbonyl (C=O) groups is 1. The summed E-state index contributed by atoms with van der Waals surface area (Å²) in [6.07, 6.45) is 13.2. The minimum Gasteiger partial charge on any atom is -0.481 e. The van der Waals surface area contributed by atoms with Crippen molar-refractivity contribution in [3.8, 4) is 0 Å². The summed E-state index contributed by atoms with van der Waals surface area (Å²) in [6.45, 7) is 9.77. The van der Waals surface area contributed by atoms with E-state index in [1.165, 1.54) is 12.1 Å². The number of anilines is 1. The zero-order valence-corrected chi connectivity index (χ0v) is 52.7. The predicted molar refractivity (Wildman–Crippen MR) is 323 cm³/mol. The van der Waals surface area contributed by atoms with Crippen LogP contribution in [0.3, 0.4) is 0 Å². The Morgan fingerprint density at radius 1 is 0.552 bits per heavy atom. The second-order valence-corrected chi connectivity index (χ2v) is 28.1. The molecule has 25 nitrogen and oxygen atoms in total. The highest BCUT2D eigenvalue weighted by atomic mass is 32.2. The molecule has 0 bridgehead atoms. The van der Waals surface area contributed by atoms with E-state index in [1.807, 2.05) is 29.4 Å². The summed E-state index contributed by atoms with van der Waals surface area (Å²) in [5.74, 6) is -1.67. The molecule has 6 rings (SSSR count). The highest BCUT2D eigenvalue weighted by Crippen LogP contribution is 2.54. The number of hydrogen-bond acceptors (Lipinski definition) is 18. The molecule has 2 heterocycles. The number of nitrogens with zero attached hydrogens (tertiary/aromatic N) is 2. The van der Waals surface area contributed by atoms with Crippen LogP contribution in [-0.2, 0) is 94.6 Å². The molecule has 2 atom stereocenters. The second kappa shape index (κ2) is 30.4. The number of likely N-dealkylation sites (N-methyl/N-ethyl adjacent to an activating group) is 1. The summed E-state index contributed by atoms with van der Waals surface area (Å²) in [5, 5.41) is 9.32. The maximum Gasteiger partial charge on any atom is 0.303 e. The number of fused-ring (bicyclic) bond motifs is 6. The second-order valence-electron chi connectivity index (χ2n) is 20.9. The topological polar surface area (TPSA) is 371 Å². The van der Waals surface area contributed by atoms with E-state index in [0.29, 0.717) is 118 Å². The van der Waals surface area contributed by atoms with Crippen molar-refractivity contribution in [1.82, 2.24) is 0 Å². The number of benzene rings is 4. The van der Waals surface area contributed by atoms with Crippen LogP contribution < -0.4 is 4.90 Å². The van der Waals surface area contributed by atoms with Gasteiger partial charge >= 0.3 is 5.97 Å². The maximum atomic E-state index is 12.8. The Labute approximate surface area is 507 Å². The van der Waals surface area contributed by atoms with Gasteiger partial charge < -0.3 is 38.4 Å². The highest BCUT2D eigenvalue weighted by molar-refractivity contribution is 7.87. The Bertz CT molecular complexity index is 3900. The molecule has 4 aromatic rings. The lowest BCUT2D eigenvalue weighted by Crippen LogP contribution is -2.32. The van der Waals surface area contributed by atoms with E-state index in [1.54, 1.807) is 62.6 Å². The van der Waals surface area contributed by atoms with Crippen LogP contribution in [0.2, 0.25) is 0 Å². The van der Waals surface area contributed by atoms with Gasteiger partial charge in [-0.05, 0) is 112 Å². The minimum absolute atomic E-state index is 0.000841. The molecule has 0 aliphatic carbocycles. The van der Waals surface area contributed by atoms with Crippen LogP contribution in [0.1, 0.15) is 76.8 Å². The molecular weight excluding hydrogens is 1240 g/mol. The molecule has 2 aliphatic heterocycles. The van der Waals surface area contributed by atoms with Gasteiger partial charge in [0.1, 0.15) is 16.3 Å². The number of carboxylic acids is 1. The van der Waals surface area contributed by atoms with Gasteiger partial charge in [-0.3, -0.25) is 27.6 Å². The van der Waals surface area contributed by atoms with E-state index in [4.69, 9.17) is 28.4 Å². The number of aliphatic carboxylic acids is 1. The van der Waals surface area contributed by atoms with E-state index >= 15 is 0 Å². The SMILES string of the molecule is CCN1C(=CC=CC=CC=CC2=[N+](CCCCCC(=O)O)c3ccc4c(S(=O)(=O)O)cc(S(=O)(=O)O)cc4c3C2(C)CCCS(=O)(=O)O)C(C)(CCOCCOCCOCCOCCOCCOC)c2c1ccc1c(S(=O)(=O)O)cc(S(=O)(=O)O)cc21. The normalized spacial score (nSPS) is 18.3. The van der Waals surface area contributed by atoms with Crippen LogP contribution in [0.5, 0.6) is 0 Å². The summed E-state index contributed by atoms with van der Waals surface area (Å²) in [4.78, 5) is 10.2. The van der Waals surface area contributed by atoms with Crippen molar-refractivity contribution in [2.45, 2.75) is 96.1 Å². The Morgan fingerprint density at radius 2 is 1.05 bits per heavy atom. The van der Waals surface area contributed by atoms with Crippen LogP contribution in [0, 0.1) is 0 Å². The van der Waals surface area contributed by atoms with E-state index in [0.717, 1.165) is 12.1 Å². The molecule has 0 fully saturated rings. The molecule has 480 valence electrons. The Kier molecular flexibility index (Phi) is 24.7. The first-order chi connectivity index (χ1) is 40.9. The molecule has 0 spiro atoms. The van der Waals surface area contributed by atoms with Gasteiger partial charge in [0.15, 0.2) is 5.71 Å². The fourth-order valence-corrected chi connectivity index (χ4v) is 14.2. The highest BCUT2D eigenvalue weighted by Gasteiger charge is 2.49. The number of carboxylic acid groups (broad SMARTS) is 1. The fourth-order valence-electron chi connectivity index (χ4n) is 11.0. The van der Waals surface area contributed by atoms with Crippen LogP contribution in [0.25, 0.3) is 21.5 Å². The first kappa shape index (κ1) is 70.7. The average Bonchev–Trinajstić information content (AvgIpc) is 1.90. The maximum absolute atomic E-state index is 12.8. The largest absolute Gasteiger partial charge is 0.481 e. The molecule has 0 saturated heterocycles. The monoisotopic (exact) mass is 1320 g/mol. The standard InChI is InChI=1S/C57H74N2O23S5/c1-5-58-47-20-18-43-45(37-41(84(65,66)67)39-49(43)86(71,72)73)54(47)57(3,23-25-78-28-29-80-32-33-82-35-34-81-31-30-79-27-26-77-4)51(58)15-10-7-6-8-11-16-52-56(2,22-14-36-83(62,63)64)55-46-38-42(85(68,69)70)40-50(87(74,75)76)44(46)19-21-48(55)59(52)24-13-9-12-17-53(60)61/h6-8,10-11,15-16,18-21,37-40H,5,9,12-14,17,22-36H2,1-4H3,(H5-,60,61,62,63,64,65,66,67,68,69,70,71,72,73,74,75,76)/p+1. The zero-order valence-electron chi connectivity index (χ0n) is 48.6. The molecule has 6 N–H and O–H groups in total. The van der Waals surface area contributed by atoms with Gasteiger partial charge in [-0.2, -0.15) is 46.7 Å². The molecule has 0 saturated carbocycles. The van der Waals surface area contributed by atoms with Crippen molar-refractivity contribution in [3.05, 3.63) is 108 Å². The van der Waals surface area contributed by atoms with E-state index in [9.17, 15) is 74.8 Å². The summed E-state index contributed by atoms with van der Waals surface area (Å²) < 4.78 is 212. The number of methoxy groups -OCH3 is 1. The summed E-state index contributed by atoms with van der Waals surface area (Å²) in [5.41, 5.74) is 0.674. The van der Waals surface area contributed by atoms with Crippen molar-refractivity contribution in [3.63, 3.8) is 0 Å². The van der Waals surface area contributed by atoms with Crippen LogP contribution in [-0.4, -0.2) is 185 Å². The van der Waals surface area contributed by atoms with Gasteiger partial charge in [-0.15, -0.1) is 0 Å². The van der Waals surface area contributed by atoms with Gasteiger partial charge in [0.05, 0.1) is 87.0 Å². The number of hydrogen-bond donors (Lipinski definition) is 6. The van der Waals surface area contributed by atoms with Gasteiger partial charge in [0.2, 0.25) is 5.69 Å².